The van der Waals surface area contributed by atoms with Crippen molar-refractivity contribution < 1.29 is 23.7 Å². The van der Waals surface area contributed by atoms with Gasteiger partial charge in [0.15, 0.2) is 6.29 Å². The van der Waals surface area contributed by atoms with Crippen molar-refractivity contribution in [1.82, 2.24) is 0 Å². The highest BCUT2D eigenvalue weighted by atomic mass is 16.7. The van der Waals surface area contributed by atoms with E-state index in [4.69, 9.17) is 18.9 Å². The summed E-state index contributed by atoms with van der Waals surface area (Å²) in [6.07, 6.45) is 11.6. The molecule has 0 unspecified atom stereocenters. The summed E-state index contributed by atoms with van der Waals surface area (Å²) in [5, 5.41) is 0. The van der Waals surface area contributed by atoms with E-state index in [9.17, 15) is 4.79 Å². The van der Waals surface area contributed by atoms with E-state index in [1.165, 1.54) is 44.9 Å². The molecule has 0 aliphatic carbocycles. The van der Waals surface area contributed by atoms with Crippen LogP contribution in [0.25, 0.3) is 0 Å². The number of rotatable bonds is 14. The Labute approximate surface area is 182 Å². The quantitative estimate of drug-likeness (QED) is 0.203. The van der Waals surface area contributed by atoms with Crippen molar-refractivity contribution in [2.45, 2.75) is 91.3 Å². The monoisotopic (exact) mass is 420 g/mol. The minimum absolute atomic E-state index is 0.189. The fourth-order valence-electron chi connectivity index (χ4n) is 3.50. The standard InChI is InChI=1S/C25H40O5/c1-4-6-8-9-10-12-16-27-22-14-15-23(20(3)17-22)30-25(26)21-18-28-24(29-19-21)13-11-7-5-2/h14-15,17,21,24H,4-13,16,18-19H2,1-3H3. The Bertz CT molecular complexity index is 608. The summed E-state index contributed by atoms with van der Waals surface area (Å²) in [4.78, 5) is 12.5. The van der Waals surface area contributed by atoms with Crippen LogP contribution in [0.5, 0.6) is 11.5 Å². The largest absolute Gasteiger partial charge is 0.494 e. The topological polar surface area (TPSA) is 54.0 Å². The zero-order valence-electron chi connectivity index (χ0n) is 19.1. The number of ether oxygens (including phenoxy) is 4. The average Bonchev–Trinajstić information content (AvgIpc) is 2.75. The second-order valence-corrected chi connectivity index (χ2v) is 8.25. The number of esters is 1. The van der Waals surface area contributed by atoms with Crippen LogP contribution in [-0.4, -0.2) is 32.1 Å². The Morgan fingerprint density at radius 3 is 2.33 bits per heavy atom. The van der Waals surface area contributed by atoms with Gasteiger partial charge in [-0.1, -0.05) is 58.8 Å². The van der Waals surface area contributed by atoms with Crippen LogP contribution in [0.2, 0.25) is 0 Å². The summed E-state index contributed by atoms with van der Waals surface area (Å²) in [6.45, 7) is 7.76. The van der Waals surface area contributed by atoms with E-state index >= 15 is 0 Å². The lowest BCUT2D eigenvalue weighted by Gasteiger charge is -2.28. The number of unbranched alkanes of at least 4 members (excludes halogenated alkanes) is 7. The van der Waals surface area contributed by atoms with Gasteiger partial charge in [0.1, 0.15) is 17.4 Å². The van der Waals surface area contributed by atoms with Crippen molar-refractivity contribution in [3.05, 3.63) is 23.8 Å². The lowest BCUT2D eigenvalue weighted by molar-refractivity contribution is -0.208. The lowest BCUT2D eigenvalue weighted by atomic mass is 10.1. The minimum Gasteiger partial charge on any atom is -0.494 e. The first kappa shape index (κ1) is 24.7. The molecule has 5 heteroatoms. The van der Waals surface area contributed by atoms with E-state index in [2.05, 4.69) is 13.8 Å². The first-order valence-corrected chi connectivity index (χ1v) is 11.8. The van der Waals surface area contributed by atoms with Crippen molar-refractivity contribution in [1.29, 1.82) is 0 Å². The van der Waals surface area contributed by atoms with E-state index < -0.39 is 0 Å². The first-order valence-electron chi connectivity index (χ1n) is 11.8. The van der Waals surface area contributed by atoms with Gasteiger partial charge >= 0.3 is 5.97 Å². The predicted octanol–water partition coefficient (Wildman–Crippen LogP) is 6.21. The molecular formula is C25H40O5. The Hall–Kier alpha value is -1.59. The smallest absolute Gasteiger partial charge is 0.319 e. The molecule has 0 saturated carbocycles. The van der Waals surface area contributed by atoms with Gasteiger partial charge in [-0.2, -0.15) is 0 Å². The van der Waals surface area contributed by atoms with Crippen LogP contribution in [0.4, 0.5) is 0 Å². The summed E-state index contributed by atoms with van der Waals surface area (Å²) in [6, 6.07) is 5.60. The lowest BCUT2D eigenvalue weighted by Crippen LogP contribution is -2.38. The summed E-state index contributed by atoms with van der Waals surface area (Å²) in [5.74, 6) is 0.707. The van der Waals surface area contributed by atoms with Gasteiger partial charge in [0.2, 0.25) is 0 Å². The Kier molecular flexibility index (Phi) is 11.9. The molecule has 0 radical (unpaired) electrons. The van der Waals surface area contributed by atoms with E-state index in [0.717, 1.165) is 37.2 Å². The fourth-order valence-corrected chi connectivity index (χ4v) is 3.50. The summed E-state index contributed by atoms with van der Waals surface area (Å²) >= 11 is 0. The molecule has 1 aromatic carbocycles. The molecule has 5 nitrogen and oxygen atoms in total. The van der Waals surface area contributed by atoms with Crippen LogP contribution in [0.3, 0.4) is 0 Å². The van der Waals surface area contributed by atoms with Crippen LogP contribution in [0.15, 0.2) is 18.2 Å². The van der Waals surface area contributed by atoms with Crippen molar-refractivity contribution >= 4 is 5.97 Å². The highest BCUT2D eigenvalue weighted by Gasteiger charge is 2.29. The highest BCUT2D eigenvalue weighted by Crippen LogP contribution is 2.25. The van der Waals surface area contributed by atoms with Crippen molar-refractivity contribution in [2.75, 3.05) is 19.8 Å². The van der Waals surface area contributed by atoms with Gasteiger partial charge in [0, 0.05) is 0 Å². The van der Waals surface area contributed by atoms with Crippen LogP contribution in [0, 0.1) is 12.8 Å². The minimum atomic E-state index is -0.379. The second kappa shape index (κ2) is 14.4. The molecule has 1 heterocycles. The van der Waals surface area contributed by atoms with Gasteiger partial charge in [0.05, 0.1) is 19.8 Å². The summed E-state index contributed by atoms with van der Waals surface area (Å²) in [5.41, 5.74) is 0.888. The molecule has 0 aromatic heterocycles. The Morgan fingerprint density at radius 1 is 0.967 bits per heavy atom. The van der Waals surface area contributed by atoms with Gasteiger partial charge in [0.25, 0.3) is 0 Å². The molecule has 2 rings (SSSR count). The molecule has 0 N–H and O–H groups in total. The molecule has 1 saturated heterocycles. The van der Waals surface area contributed by atoms with E-state index in [-0.39, 0.29) is 18.2 Å². The molecule has 30 heavy (non-hydrogen) atoms. The second-order valence-electron chi connectivity index (χ2n) is 8.25. The van der Waals surface area contributed by atoms with Crippen molar-refractivity contribution in [2.24, 2.45) is 5.92 Å². The van der Waals surface area contributed by atoms with Crippen LogP contribution in [-0.2, 0) is 14.3 Å². The van der Waals surface area contributed by atoms with Gasteiger partial charge in [-0.25, -0.2) is 0 Å². The van der Waals surface area contributed by atoms with E-state index in [1.807, 2.05) is 25.1 Å². The molecular weight excluding hydrogens is 380 g/mol. The number of hydrogen-bond donors (Lipinski definition) is 0. The maximum Gasteiger partial charge on any atom is 0.319 e. The summed E-state index contributed by atoms with van der Waals surface area (Å²) < 4.78 is 22.8. The third-order valence-electron chi connectivity index (χ3n) is 5.47. The molecule has 1 fully saturated rings. The number of hydrogen-bond acceptors (Lipinski definition) is 5. The summed E-state index contributed by atoms with van der Waals surface area (Å²) in [7, 11) is 0. The van der Waals surface area contributed by atoms with E-state index in [1.54, 1.807) is 0 Å². The number of benzene rings is 1. The molecule has 0 atom stereocenters. The Morgan fingerprint density at radius 2 is 1.63 bits per heavy atom. The maximum absolute atomic E-state index is 12.5. The van der Waals surface area contributed by atoms with Crippen LogP contribution < -0.4 is 9.47 Å². The van der Waals surface area contributed by atoms with Crippen molar-refractivity contribution in [3.63, 3.8) is 0 Å². The molecule has 1 aromatic rings. The molecule has 0 bridgehead atoms. The normalized spacial score (nSPS) is 18.9. The molecule has 170 valence electrons. The predicted molar refractivity (Wildman–Crippen MR) is 119 cm³/mol. The van der Waals surface area contributed by atoms with Gasteiger partial charge in [-0.15, -0.1) is 0 Å². The first-order chi connectivity index (χ1) is 14.6. The van der Waals surface area contributed by atoms with Crippen molar-refractivity contribution in [3.8, 4) is 11.5 Å². The van der Waals surface area contributed by atoms with Gasteiger partial charge < -0.3 is 18.9 Å². The molecule has 1 aliphatic rings. The SMILES string of the molecule is CCCCCCCCOc1ccc(OC(=O)C2COC(CCCCC)OC2)c(C)c1. The van der Waals surface area contributed by atoms with Gasteiger partial charge in [-0.3, -0.25) is 4.79 Å². The zero-order chi connectivity index (χ0) is 21.6. The number of carbonyl (C=O) groups is 1. The highest BCUT2D eigenvalue weighted by molar-refractivity contribution is 5.76. The van der Waals surface area contributed by atoms with Crippen LogP contribution in [0.1, 0.15) is 83.6 Å². The number of carbonyl (C=O) groups excluding carboxylic acids is 1. The van der Waals surface area contributed by atoms with E-state index in [0.29, 0.717) is 19.0 Å². The average molecular weight is 421 g/mol. The zero-order valence-corrected chi connectivity index (χ0v) is 19.1. The fraction of sp³-hybridized carbons (Fsp3) is 0.720. The third kappa shape index (κ3) is 9.05. The molecule has 0 spiro atoms. The molecule has 0 amide bonds. The third-order valence-corrected chi connectivity index (χ3v) is 5.47. The molecule has 1 aliphatic heterocycles. The van der Waals surface area contributed by atoms with Gasteiger partial charge in [-0.05, 0) is 49.9 Å². The van der Waals surface area contributed by atoms with Crippen LogP contribution >= 0.6 is 0 Å². The maximum atomic E-state index is 12.5. The number of aryl methyl sites for hydroxylation is 1. The Balaban J connectivity index is 1.69.